The molecule has 2 heterocycles. The summed E-state index contributed by atoms with van der Waals surface area (Å²) in [7, 11) is 4.88. The van der Waals surface area contributed by atoms with Gasteiger partial charge in [-0.05, 0) is 48.0 Å². The number of likely N-dealkylation sites (tertiary alicyclic amines) is 1. The maximum Gasteiger partial charge on any atom is -0.171 e. The molecule has 2 aliphatic rings. The molecule has 0 saturated carbocycles. The van der Waals surface area contributed by atoms with E-state index in [9.17, 15) is 37.1 Å². The molecule has 0 aromatic heterocycles. The Balaban J connectivity index is 0.00000354. The fraction of sp³-hybridized carbons (Fsp3) is 0.765. The molecular weight excluding hydrogens is 1250 g/mol. The van der Waals surface area contributed by atoms with Crippen molar-refractivity contribution in [3.05, 3.63) is 52.7 Å². The molecule has 0 unspecified atom stereocenters. The molecule has 2 fully saturated rings. The second kappa shape index (κ2) is 36.9. The number of nitrogens with zero attached hydrogens (tertiary/aromatic N) is 3. The first-order valence-electron chi connectivity index (χ1n) is 25.2. The molecule has 3 rings (SSSR count). The Bertz CT molecular complexity index is 1760. The number of piperidine rings is 1. The van der Waals surface area contributed by atoms with Crippen molar-refractivity contribution in [3.8, 4) is 0 Å². The van der Waals surface area contributed by atoms with E-state index in [0.29, 0.717) is 31.8 Å². The molecule has 8 atom stereocenters. The maximum atomic E-state index is 14.4. The Morgan fingerprint density at radius 3 is 1.86 bits per heavy atom. The number of alkyl halides is 3. The summed E-state index contributed by atoms with van der Waals surface area (Å²) in [6, 6.07) is 7.28. The third kappa shape index (κ3) is 24.3. The third-order valence-electron chi connectivity index (χ3n) is 13.5. The molecule has 1 aromatic rings. The van der Waals surface area contributed by atoms with Crippen LogP contribution < -0.4 is 21.1 Å². The summed E-state index contributed by atoms with van der Waals surface area (Å²) in [5.74, 6) is -4.56. The van der Waals surface area contributed by atoms with E-state index < -0.39 is 48.4 Å². The fourth-order valence-corrected chi connectivity index (χ4v) is 9.40. The fourth-order valence-electron chi connectivity index (χ4n) is 9.40. The average molecular weight is 1330 g/mol. The summed E-state index contributed by atoms with van der Waals surface area (Å²) >= 11 is 4.23. The normalized spacial score (nSPS) is 17.8. The molecular formula is C51H85F3IN8O9Pt-4. The topological polar surface area (TPSA) is 248 Å². The molecule has 2 aliphatic heterocycles. The monoisotopic (exact) mass is 1330 g/mol. The van der Waals surface area contributed by atoms with Gasteiger partial charge in [0, 0.05) is 46.7 Å². The Labute approximate surface area is 455 Å². The molecule has 5 N–H and O–H groups in total. The number of carbonyl (C=O) groups excluding carboxylic acids is 6. The number of amides is 5. The van der Waals surface area contributed by atoms with Gasteiger partial charge in [0.05, 0.1) is 36.6 Å². The molecule has 22 heteroatoms. The molecule has 0 spiro atoms. The number of methoxy groups -OCH3 is 2. The van der Waals surface area contributed by atoms with Crippen molar-refractivity contribution in [2.75, 3.05) is 60.5 Å². The van der Waals surface area contributed by atoms with E-state index in [-0.39, 0.29) is 84.7 Å². The van der Waals surface area contributed by atoms with Crippen molar-refractivity contribution in [3.63, 3.8) is 0 Å². The first kappa shape index (κ1) is 70.0. The minimum absolute atomic E-state index is 0.0204. The number of carboxylic acids is 1. The second-order valence-corrected chi connectivity index (χ2v) is 19.7. The summed E-state index contributed by atoms with van der Waals surface area (Å²) in [4.78, 5) is 82.2. The van der Waals surface area contributed by atoms with E-state index in [1.807, 2.05) is 71.9 Å². The number of carbonyl (C=O) groups is 6. The van der Waals surface area contributed by atoms with Crippen LogP contribution in [0.1, 0.15) is 106 Å². The van der Waals surface area contributed by atoms with Gasteiger partial charge in [0.25, 0.3) is 0 Å². The number of hydrogen-bond acceptors (Lipinski definition) is 9. The average Bonchev–Trinajstić information content (AvgIpc) is 3.85. The quantitative estimate of drug-likeness (QED) is 0.0912. The summed E-state index contributed by atoms with van der Waals surface area (Å²) in [6.45, 7) is 21.0. The van der Waals surface area contributed by atoms with Crippen LogP contribution in [-0.4, -0.2) is 148 Å². The Hall–Kier alpha value is -2.95. The van der Waals surface area contributed by atoms with Crippen LogP contribution in [0.3, 0.4) is 0 Å². The maximum absolute atomic E-state index is 14.4. The van der Waals surface area contributed by atoms with Gasteiger partial charge in [-0.15, -0.1) is 13.1 Å². The van der Waals surface area contributed by atoms with Crippen LogP contribution >= 0.6 is 19.4 Å². The molecule has 2 saturated heterocycles. The predicted molar refractivity (Wildman–Crippen MR) is 280 cm³/mol. The molecule has 73 heavy (non-hydrogen) atoms. The minimum Gasteiger partial charge on any atom is -0.679 e. The van der Waals surface area contributed by atoms with Gasteiger partial charge in [-0.3, -0.25) is 24.0 Å². The number of aliphatic carboxylic acids is 1. The Kier molecular flexibility index (Phi) is 35.4. The molecule has 0 bridgehead atoms. The first-order chi connectivity index (χ1) is 34.3. The number of rotatable bonds is 24. The molecule has 0 radical (unpaired) electrons. The van der Waals surface area contributed by atoms with Crippen molar-refractivity contribution < 1.29 is 72.7 Å². The number of carboxylic acid groups (broad SMARTS) is 1. The standard InChI is InChI=1S/C47H79N6O7.C2HF3O2.C2H6N2.HI.Pt/c1-13-32(8)42(52(10)47(58)41(31(6)7)51-46(57)40(29(2)3)30(4)5)38(59-11)27-39(54)53-25-17-20-37(53)43(60-12)33(9)44(55)50-36(26-34-18-15-14-16-19-34)45(56)49-28-35-21-23-48-24-22-35;3-2(4,5)1(6)7;3-1-2-4;;/h14-16,18-19,29-33,35-38,40-43H,13,17,20-28H2,1-12H3,(H,49,56)(H,50,55)(H,51,57);(H,6,7);3-4H,1-2H2;1H;/q-1;;-2;;+1/p-2/t32-,33+,36-,37-,38+,41-,42-,43+;;;;/m0..../s1. The zero-order valence-corrected chi connectivity index (χ0v) is 49.4. The molecule has 1 aromatic carbocycles. The van der Waals surface area contributed by atoms with E-state index in [4.69, 9.17) is 30.8 Å². The number of nitrogens with one attached hydrogen (secondary N) is 5. The Morgan fingerprint density at radius 1 is 0.863 bits per heavy atom. The molecule has 0 aliphatic carbocycles. The van der Waals surface area contributed by atoms with Crippen LogP contribution in [0.4, 0.5) is 13.2 Å². The van der Waals surface area contributed by atoms with Crippen LogP contribution in [-0.2, 0) is 60.8 Å². The second-order valence-electron chi connectivity index (χ2n) is 19.7. The van der Waals surface area contributed by atoms with Crippen LogP contribution in [0.5, 0.6) is 0 Å². The van der Waals surface area contributed by atoms with E-state index in [0.717, 1.165) is 44.3 Å². The van der Waals surface area contributed by atoms with E-state index in [1.165, 1.54) is 0 Å². The number of hydrogen-bond donors (Lipinski definition) is 3. The van der Waals surface area contributed by atoms with Crippen molar-refractivity contribution in [1.29, 1.82) is 0 Å². The SMILES string of the molecule is CC[C@H](C)[C@@H]([C@@H](CC(=O)N1CCC[C@H]1[C@H](OC)[C@@H](C)C(=O)N[C@@H](Cc1ccccc1)C(=O)NCC1CC[N-]CC1)OC)N(C)C(=O)[C@@H](NC(=O)C(C(C)C)C(C)C)C(C)C.O=C([O-])C(F)(F)F.[I][Pt].[NH-]CC[NH-]. The van der Waals surface area contributed by atoms with Gasteiger partial charge < -0.3 is 61.9 Å². The smallest absolute Gasteiger partial charge is 0.171 e. The number of benzene rings is 1. The number of halogens is 4. The van der Waals surface area contributed by atoms with Gasteiger partial charge in [-0.25, -0.2) is 0 Å². The van der Waals surface area contributed by atoms with Crippen LogP contribution in [0, 0.1) is 41.4 Å². The van der Waals surface area contributed by atoms with E-state index in [1.54, 1.807) is 38.0 Å². The summed E-state index contributed by atoms with van der Waals surface area (Å²) in [5, 5.41) is 22.4. The first-order valence-corrected chi connectivity index (χ1v) is 31.6. The summed E-state index contributed by atoms with van der Waals surface area (Å²) in [5.41, 5.74) is 13.5. The number of ether oxygens (including phenoxy) is 2. The van der Waals surface area contributed by atoms with Gasteiger partial charge in [-0.1, -0.05) is 112 Å². The molecule has 17 nitrogen and oxygen atoms in total. The number of likely N-dealkylation sites (N-methyl/N-ethyl adjacent to an activating group) is 1. The minimum atomic E-state index is -5.19. The van der Waals surface area contributed by atoms with Crippen molar-refractivity contribution in [2.24, 2.45) is 41.4 Å². The summed E-state index contributed by atoms with van der Waals surface area (Å²) < 4.78 is 43.7. The zero-order valence-electron chi connectivity index (χ0n) is 44.9. The Morgan fingerprint density at radius 2 is 1.41 bits per heavy atom. The van der Waals surface area contributed by atoms with Crippen molar-refractivity contribution in [1.82, 2.24) is 25.8 Å². The van der Waals surface area contributed by atoms with E-state index in [2.05, 4.69) is 70.6 Å². The molecule has 5 amide bonds. The van der Waals surface area contributed by atoms with Crippen molar-refractivity contribution >= 4 is 54.9 Å². The molecule has 425 valence electrons. The van der Waals surface area contributed by atoms with Crippen LogP contribution in [0.25, 0.3) is 16.8 Å². The van der Waals surface area contributed by atoms with Gasteiger partial charge in [0.1, 0.15) is 18.1 Å². The van der Waals surface area contributed by atoms with E-state index >= 15 is 0 Å². The van der Waals surface area contributed by atoms with Gasteiger partial charge in [0.15, 0.2) is 0 Å². The summed E-state index contributed by atoms with van der Waals surface area (Å²) in [6.07, 6.45) is -2.09. The van der Waals surface area contributed by atoms with Crippen LogP contribution in [0.2, 0.25) is 0 Å². The van der Waals surface area contributed by atoms with Gasteiger partial charge in [-0.2, -0.15) is 26.3 Å². The largest absolute Gasteiger partial charge is 0.679 e. The predicted octanol–water partition coefficient (Wildman–Crippen LogP) is 6.88. The van der Waals surface area contributed by atoms with Gasteiger partial charge >= 0.3 is 41.7 Å². The van der Waals surface area contributed by atoms with Gasteiger partial charge in [0.2, 0.25) is 29.5 Å². The van der Waals surface area contributed by atoms with Crippen molar-refractivity contribution in [2.45, 2.75) is 150 Å². The zero-order chi connectivity index (χ0) is 56.2. The third-order valence-corrected chi connectivity index (χ3v) is 13.5. The van der Waals surface area contributed by atoms with Crippen LogP contribution in [0.15, 0.2) is 30.3 Å².